The van der Waals surface area contributed by atoms with Gasteiger partial charge in [0.15, 0.2) is 0 Å². The molecule has 0 aromatic carbocycles. The van der Waals surface area contributed by atoms with Crippen LogP contribution >= 0.6 is 11.8 Å². The molecule has 0 fully saturated rings. The summed E-state index contributed by atoms with van der Waals surface area (Å²) in [4.78, 5) is 0. The molecule has 0 amide bonds. The molecule has 0 aromatic heterocycles. The van der Waals surface area contributed by atoms with Gasteiger partial charge in [0.1, 0.15) is 5.54 Å². The first-order chi connectivity index (χ1) is 7.04. The van der Waals surface area contributed by atoms with E-state index in [1.54, 1.807) is 7.11 Å². The number of nitrogens with zero attached hydrogens (tertiary/aromatic N) is 1. The van der Waals surface area contributed by atoms with Crippen molar-refractivity contribution in [1.82, 2.24) is 5.32 Å². The molecule has 1 unspecified atom stereocenters. The molecule has 0 rings (SSSR count). The van der Waals surface area contributed by atoms with E-state index in [-0.39, 0.29) is 0 Å². The molecule has 15 heavy (non-hydrogen) atoms. The molecule has 0 radical (unpaired) electrons. The lowest BCUT2D eigenvalue weighted by Crippen LogP contribution is -2.45. The lowest BCUT2D eigenvalue weighted by molar-refractivity contribution is 0.218. The summed E-state index contributed by atoms with van der Waals surface area (Å²) < 4.78 is 4.96. The van der Waals surface area contributed by atoms with E-state index in [1.807, 2.05) is 18.7 Å². The smallest absolute Gasteiger partial charge is 0.104 e. The fourth-order valence-electron chi connectivity index (χ4n) is 1.32. The molecule has 3 nitrogen and oxygen atoms in total. The highest BCUT2D eigenvalue weighted by atomic mass is 32.2. The zero-order valence-electron chi connectivity index (χ0n) is 10.2. The van der Waals surface area contributed by atoms with Crippen LogP contribution in [0.15, 0.2) is 0 Å². The molecule has 1 atom stereocenters. The van der Waals surface area contributed by atoms with Crippen molar-refractivity contribution in [2.24, 2.45) is 0 Å². The number of thioether (sulfide) groups is 1. The highest BCUT2D eigenvalue weighted by Gasteiger charge is 2.23. The van der Waals surface area contributed by atoms with Gasteiger partial charge in [-0.05, 0) is 32.9 Å². The van der Waals surface area contributed by atoms with Crippen LogP contribution in [0, 0.1) is 11.3 Å². The van der Waals surface area contributed by atoms with E-state index in [9.17, 15) is 0 Å². The first kappa shape index (κ1) is 14.8. The molecule has 0 saturated carbocycles. The van der Waals surface area contributed by atoms with E-state index in [2.05, 4.69) is 25.2 Å². The van der Waals surface area contributed by atoms with Gasteiger partial charge in [0, 0.05) is 18.9 Å². The molecular weight excluding hydrogens is 208 g/mol. The standard InChI is InChI=1S/C11H22N2OS/c1-10(2)13-11(3,9-12)5-7-15-8-6-14-4/h10,13H,5-8H2,1-4H3. The van der Waals surface area contributed by atoms with Gasteiger partial charge in [-0.25, -0.2) is 0 Å². The van der Waals surface area contributed by atoms with E-state index in [0.29, 0.717) is 6.04 Å². The zero-order chi connectivity index (χ0) is 11.7. The third kappa shape index (κ3) is 7.66. The first-order valence-corrected chi connectivity index (χ1v) is 6.45. The molecule has 88 valence electrons. The van der Waals surface area contributed by atoms with Crippen LogP contribution in [0.5, 0.6) is 0 Å². The van der Waals surface area contributed by atoms with Crippen molar-refractivity contribution in [2.75, 3.05) is 25.2 Å². The second-order valence-corrected chi connectivity index (χ2v) is 5.32. The Bertz CT molecular complexity index is 203. The van der Waals surface area contributed by atoms with Gasteiger partial charge in [0.2, 0.25) is 0 Å². The maximum absolute atomic E-state index is 9.09. The van der Waals surface area contributed by atoms with Gasteiger partial charge in [0.25, 0.3) is 0 Å². The maximum Gasteiger partial charge on any atom is 0.104 e. The van der Waals surface area contributed by atoms with E-state index in [0.717, 1.165) is 24.5 Å². The van der Waals surface area contributed by atoms with Crippen LogP contribution in [-0.2, 0) is 4.74 Å². The van der Waals surface area contributed by atoms with Gasteiger partial charge in [-0.2, -0.15) is 17.0 Å². The molecule has 4 heteroatoms. The third-order valence-electron chi connectivity index (χ3n) is 2.03. The SMILES string of the molecule is COCCSCCC(C)(C#N)NC(C)C. The average Bonchev–Trinajstić information content (AvgIpc) is 2.16. The normalized spacial score (nSPS) is 14.9. The van der Waals surface area contributed by atoms with Crippen molar-refractivity contribution in [2.45, 2.75) is 38.8 Å². The molecule has 1 N–H and O–H groups in total. The van der Waals surface area contributed by atoms with E-state index in [1.165, 1.54) is 0 Å². The minimum atomic E-state index is -0.395. The van der Waals surface area contributed by atoms with Gasteiger partial charge < -0.3 is 4.74 Å². The van der Waals surface area contributed by atoms with Gasteiger partial charge in [0.05, 0.1) is 12.7 Å². The Kier molecular flexibility index (Phi) is 7.85. The van der Waals surface area contributed by atoms with Crippen molar-refractivity contribution in [1.29, 1.82) is 5.26 Å². The zero-order valence-corrected chi connectivity index (χ0v) is 11.0. The van der Waals surface area contributed by atoms with Crippen LogP contribution < -0.4 is 5.32 Å². The molecule has 0 heterocycles. The van der Waals surface area contributed by atoms with Gasteiger partial charge in [-0.1, -0.05) is 0 Å². The van der Waals surface area contributed by atoms with E-state index >= 15 is 0 Å². The summed E-state index contributed by atoms with van der Waals surface area (Å²) in [5.74, 6) is 1.99. The lowest BCUT2D eigenvalue weighted by Gasteiger charge is -2.25. The Balaban J connectivity index is 3.74. The summed E-state index contributed by atoms with van der Waals surface area (Å²) >= 11 is 1.83. The fraction of sp³-hybridized carbons (Fsp3) is 0.909. The number of methoxy groups -OCH3 is 1. The Labute approximate surface area is 97.6 Å². The fourth-order valence-corrected chi connectivity index (χ4v) is 2.36. The van der Waals surface area contributed by atoms with Crippen molar-refractivity contribution in [3.8, 4) is 6.07 Å². The first-order valence-electron chi connectivity index (χ1n) is 5.29. The number of hydrogen-bond acceptors (Lipinski definition) is 4. The third-order valence-corrected chi connectivity index (χ3v) is 2.98. The van der Waals surface area contributed by atoms with Crippen LogP contribution in [-0.4, -0.2) is 36.8 Å². The summed E-state index contributed by atoms with van der Waals surface area (Å²) in [5.41, 5.74) is -0.395. The molecule has 0 saturated heterocycles. The summed E-state index contributed by atoms with van der Waals surface area (Å²) in [6.45, 7) is 6.87. The second-order valence-electron chi connectivity index (χ2n) is 4.10. The molecular formula is C11H22N2OS. The topological polar surface area (TPSA) is 45.0 Å². The number of hydrogen-bond donors (Lipinski definition) is 1. The Hall–Kier alpha value is -0.240. The molecule has 0 aliphatic carbocycles. The average molecular weight is 230 g/mol. The molecule has 0 aliphatic heterocycles. The van der Waals surface area contributed by atoms with Gasteiger partial charge in [-0.15, -0.1) is 0 Å². The van der Waals surface area contributed by atoms with E-state index < -0.39 is 5.54 Å². The number of ether oxygens (including phenoxy) is 1. The highest BCUT2D eigenvalue weighted by molar-refractivity contribution is 7.99. The van der Waals surface area contributed by atoms with Crippen LogP contribution in [0.4, 0.5) is 0 Å². The predicted octanol–water partition coefficient (Wildman–Crippen LogP) is 2.04. The van der Waals surface area contributed by atoms with Crippen LogP contribution in [0.25, 0.3) is 0 Å². The van der Waals surface area contributed by atoms with E-state index in [4.69, 9.17) is 10.00 Å². The summed E-state index contributed by atoms with van der Waals surface area (Å²) in [6, 6.07) is 2.69. The predicted molar refractivity (Wildman–Crippen MR) is 66.1 cm³/mol. The maximum atomic E-state index is 9.09. The van der Waals surface area contributed by atoms with Crippen molar-refractivity contribution in [3.63, 3.8) is 0 Å². The van der Waals surface area contributed by atoms with Crippen molar-refractivity contribution < 1.29 is 4.74 Å². The largest absolute Gasteiger partial charge is 0.384 e. The quantitative estimate of drug-likeness (QED) is 0.648. The number of nitriles is 1. The summed E-state index contributed by atoms with van der Waals surface area (Å²) in [7, 11) is 1.71. The Morgan fingerprint density at radius 2 is 2.13 bits per heavy atom. The molecule has 0 aromatic rings. The Morgan fingerprint density at radius 1 is 1.47 bits per heavy atom. The minimum Gasteiger partial charge on any atom is -0.384 e. The lowest BCUT2D eigenvalue weighted by atomic mass is 10.0. The molecule has 0 bridgehead atoms. The summed E-state index contributed by atoms with van der Waals surface area (Å²) in [6.07, 6.45) is 0.871. The summed E-state index contributed by atoms with van der Waals surface area (Å²) in [5, 5.41) is 12.4. The molecule has 0 aliphatic rings. The minimum absolute atomic E-state index is 0.346. The number of nitrogens with one attached hydrogen (secondary N) is 1. The van der Waals surface area contributed by atoms with Crippen LogP contribution in [0.2, 0.25) is 0 Å². The van der Waals surface area contributed by atoms with Crippen molar-refractivity contribution in [3.05, 3.63) is 0 Å². The second kappa shape index (κ2) is 7.98. The van der Waals surface area contributed by atoms with Gasteiger partial charge in [-0.3, -0.25) is 5.32 Å². The van der Waals surface area contributed by atoms with Gasteiger partial charge >= 0.3 is 0 Å². The van der Waals surface area contributed by atoms with Crippen LogP contribution in [0.3, 0.4) is 0 Å². The Morgan fingerprint density at radius 3 is 2.60 bits per heavy atom. The molecule has 0 spiro atoms. The van der Waals surface area contributed by atoms with Crippen LogP contribution in [0.1, 0.15) is 27.2 Å². The monoisotopic (exact) mass is 230 g/mol. The highest BCUT2D eigenvalue weighted by Crippen LogP contribution is 2.14. The van der Waals surface area contributed by atoms with Crippen molar-refractivity contribution >= 4 is 11.8 Å². The number of rotatable bonds is 8.